The number of nitrogens with zero attached hydrogens (tertiary/aromatic N) is 3. The van der Waals surface area contributed by atoms with Crippen molar-refractivity contribution in [3.63, 3.8) is 0 Å². The summed E-state index contributed by atoms with van der Waals surface area (Å²) in [6.07, 6.45) is -4.36. The van der Waals surface area contributed by atoms with Crippen LogP contribution in [0.4, 0.5) is 13.2 Å². The summed E-state index contributed by atoms with van der Waals surface area (Å²) in [5.74, 6) is -1.97. The van der Waals surface area contributed by atoms with Crippen molar-refractivity contribution < 1.29 is 27.9 Å². The lowest BCUT2D eigenvalue weighted by Gasteiger charge is -2.27. The minimum atomic E-state index is -4.65. The summed E-state index contributed by atoms with van der Waals surface area (Å²) < 4.78 is 40.6. The first kappa shape index (κ1) is 17.0. The van der Waals surface area contributed by atoms with Gasteiger partial charge in [0, 0.05) is 25.6 Å². The minimum Gasteiger partial charge on any atom is -0.477 e. The zero-order valence-electron chi connectivity index (χ0n) is 13.2. The summed E-state index contributed by atoms with van der Waals surface area (Å²) in [6, 6.07) is 4.57. The molecule has 0 atom stereocenters. The van der Waals surface area contributed by atoms with Gasteiger partial charge in [-0.05, 0) is 12.1 Å². The topological polar surface area (TPSA) is 75.4 Å². The Morgan fingerprint density at radius 3 is 2.56 bits per heavy atom. The van der Waals surface area contributed by atoms with Crippen LogP contribution in [0.5, 0.6) is 0 Å². The summed E-state index contributed by atoms with van der Waals surface area (Å²) >= 11 is 0. The molecular weight excluding hydrogens is 339 g/mol. The van der Waals surface area contributed by atoms with Gasteiger partial charge in [-0.1, -0.05) is 12.1 Å². The number of carbonyl (C=O) groups excluding carboxylic acids is 1. The van der Waals surface area contributed by atoms with E-state index in [1.165, 1.54) is 28.8 Å². The molecule has 1 N–H and O–H groups in total. The van der Waals surface area contributed by atoms with Gasteiger partial charge in [-0.2, -0.15) is 18.3 Å². The van der Waals surface area contributed by atoms with Crippen LogP contribution in [-0.4, -0.2) is 38.2 Å². The Balaban J connectivity index is 1.96. The molecule has 1 aliphatic heterocycles. The maximum Gasteiger partial charge on any atom is 0.417 e. The van der Waals surface area contributed by atoms with Crippen LogP contribution in [0.3, 0.4) is 0 Å². The predicted octanol–water partition coefficient (Wildman–Crippen LogP) is 2.34. The van der Waals surface area contributed by atoms with Gasteiger partial charge in [0.25, 0.3) is 5.91 Å². The molecule has 0 saturated carbocycles. The van der Waals surface area contributed by atoms with Gasteiger partial charge in [0.15, 0.2) is 5.69 Å². The second-order valence-corrected chi connectivity index (χ2v) is 5.72. The van der Waals surface area contributed by atoms with Crippen LogP contribution in [0.15, 0.2) is 24.3 Å². The Hall–Kier alpha value is -2.84. The summed E-state index contributed by atoms with van der Waals surface area (Å²) in [4.78, 5) is 25.2. The lowest BCUT2D eigenvalue weighted by atomic mass is 10.0. The first-order valence-electron chi connectivity index (χ1n) is 7.43. The number of aryl methyl sites for hydroxylation is 1. The standard InChI is InChI=1S/C16H14F3N3O3/c1-21-13(15(24)25)10-8-22(7-6-12(10)20-21)14(23)9-4-2-3-5-11(9)16(17,18)19/h2-5H,6-8H2,1H3,(H,24,25). The monoisotopic (exact) mass is 353 g/mol. The molecule has 9 heteroatoms. The Kier molecular flexibility index (Phi) is 4.02. The third kappa shape index (κ3) is 2.97. The molecule has 1 aromatic heterocycles. The highest BCUT2D eigenvalue weighted by Crippen LogP contribution is 2.33. The fraction of sp³-hybridized carbons (Fsp3) is 0.312. The molecule has 2 aromatic rings. The van der Waals surface area contributed by atoms with Crippen molar-refractivity contribution in [2.45, 2.75) is 19.1 Å². The van der Waals surface area contributed by atoms with Gasteiger partial charge >= 0.3 is 12.1 Å². The van der Waals surface area contributed by atoms with E-state index < -0.39 is 29.2 Å². The molecule has 0 aliphatic carbocycles. The number of aromatic nitrogens is 2. The van der Waals surface area contributed by atoms with E-state index in [1.807, 2.05) is 0 Å². The fourth-order valence-electron chi connectivity index (χ4n) is 3.03. The molecular formula is C16H14F3N3O3. The maximum absolute atomic E-state index is 13.1. The van der Waals surface area contributed by atoms with Crippen molar-refractivity contribution >= 4 is 11.9 Å². The summed E-state index contributed by atoms with van der Waals surface area (Å²) in [6.45, 7) is 0.0872. The Bertz CT molecular complexity index is 858. The molecule has 0 radical (unpaired) electrons. The number of alkyl halides is 3. The van der Waals surface area contributed by atoms with E-state index in [9.17, 15) is 27.9 Å². The zero-order chi connectivity index (χ0) is 18.4. The second kappa shape index (κ2) is 5.91. The minimum absolute atomic E-state index is 0.0587. The van der Waals surface area contributed by atoms with Crippen LogP contribution in [0.25, 0.3) is 0 Å². The van der Waals surface area contributed by atoms with E-state index in [4.69, 9.17) is 0 Å². The molecule has 1 aliphatic rings. The number of fused-ring (bicyclic) bond motifs is 1. The van der Waals surface area contributed by atoms with Crippen LogP contribution in [0.2, 0.25) is 0 Å². The molecule has 2 heterocycles. The van der Waals surface area contributed by atoms with Crippen LogP contribution >= 0.6 is 0 Å². The Morgan fingerprint density at radius 1 is 1.24 bits per heavy atom. The predicted molar refractivity (Wildman–Crippen MR) is 80.1 cm³/mol. The molecule has 0 bridgehead atoms. The number of carbonyl (C=O) groups is 2. The number of rotatable bonds is 2. The van der Waals surface area contributed by atoms with Crippen molar-refractivity contribution in [3.8, 4) is 0 Å². The van der Waals surface area contributed by atoms with Crippen LogP contribution in [0.1, 0.15) is 37.7 Å². The SMILES string of the molecule is Cn1nc2c(c1C(=O)O)CN(C(=O)c1ccccc1C(F)(F)F)CC2. The van der Waals surface area contributed by atoms with Gasteiger partial charge in [0.1, 0.15) is 0 Å². The normalized spacial score (nSPS) is 14.3. The van der Waals surface area contributed by atoms with Gasteiger partial charge in [-0.25, -0.2) is 4.79 Å². The lowest BCUT2D eigenvalue weighted by molar-refractivity contribution is -0.138. The number of halogens is 3. The van der Waals surface area contributed by atoms with Crippen molar-refractivity contribution in [3.05, 3.63) is 52.3 Å². The van der Waals surface area contributed by atoms with Crippen LogP contribution < -0.4 is 0 Å². The smallest absolute Gasteiger partial charge is 0.417 e. The fourth-order valence-corrected chi connectivity index (χ4v) is 3.03. The third-order valence-corrected chi connectivity index (χ3v) is 4.15. The molecule has 3 rings (SSSR count). The molecule has 132 valence electrons. The first-order valence-corrected chi connectivity index (χ1v) is 7.43. The first-order chi connectivity index (χ1) is 11.7. The number of hydrogen-bond acceptors (Lipinski definition) is 3. The highest BCUT2D eigenvalue weighted by Gasteiger charge is 2.37. The number of amides is 1. The van der Waals surface area contributed by atoms with Crippen molar-refractivity contribution in [1.82, 2.24) is 14.7 Å². The highest BCUT2D eigenvalue weighted by molar-refractivity contribution is 5.96. The van der Waals surface area contributed by atoms with E-state index in [2.05, 4.69) is 5.10 Å². The van der Waals surface area contributed by atoms with E-state index in [0.29, 0.717) is 11.3 Å². The Morgan fingerprint density at radius 2 is 1.92 bits per heavy atom. The van der Waals surface area contributed by atoms with Gasteiger partial charge < -0.3 is 10.0 Å². The number of carboxylic acids is 1. The van der Waals surface area contributed by atoms with E-state index >= 15 is 0 Å². The third-order valence-electron chi connectivity index (χ3n) is 4.15. The maximum atomic E-state index is 13.1. The lowest BCUT2D eigenvalue weighted by Crippen LogP contribution is -2.37. The molecule has 0 fully saturated rings. The summed E-state index contributed by atoms with van der Waals surface area (Å²) in [5, 5.41) is 13.4. The number of carboxylic acid groups (broad SMARTS) is 1. The largest absolute Gasteiger partial charge is 0.477 e. The Labute approximate surface area is 140 Å². The average molecular weight is 353 g/mol. The number of aromatic carboxylic acids is 1. The van der Waals surface area contributed by atoms with E-state index in [-0.39, 0.29) is 25.2 Å². The van der Waals surface area contributed by atoms with Gasteiger partial charge in [-0.3, -0.25) is 9.48 Å². The summed E-state index contributed by atoms with van der Waals surface area (Å²) in [5.41, 5.74) is -0.599. The quantitative estimate of drug-likeness (QED) is 0.899. The highest BCUT2D eigenvalue weighted by atomic mass is 19.4. The summed E-state index contributed by atoms with van der Waals surface area (Å²) in [7, 11) is 1.48. The molecule has 1 amide bonds. The number of hydrogen-bond donors (Lipinski definition) is 1. The molecule has 0 spiro atoms. The number of benzene rings is 1. The van der Waals surface area contributed by atoms with Gasteiger partial charge in [0.2, 0.25) is 0 Å². The van der Waals surface area contributed by atoms with E-state index in [0.717, 1.165) is 12.1 Å². The van der Waals surface area contributed by atoms with Crippen LogP contribution in [0, 0.1) is 0 Å². The molecule has 0 unspecified atom stereocenters. The molecule has 6 nitrogen and oxygen atoms in total. The molecule has 1 aromatic carbocycles. The molecule has 0 saturated heterocycles. The van der Waals surface area contributed by atoms with Gasteiger partial charge in [-0.15, -0.1) is 0 Å². The van der Waals surface area contributed by atoms with Crippen molar-refractivity contribution in [2.24, 2.45) is 7.05 Å². The van der Waals surface area contributed by atoms with Crippen molar-refractivity contribution in [2.75, 3.05) is 6.54 Å². The van der Waals surface area contributed by atoms with Gasteiger partial charge in [0.05, 0.1) is 23.4 Å². The van der Waals surface area contributed by atoms with Crippen molar-refractivity contribution in [1.29, 1.82) is 0 Å². The average Bonchev–Trinajstić information content (AvgIpc) is 2.88. The molecule has 25 heavy (non-hydrogen) atoms. The van der Waals surface area contributed by atoms with E-state index in [1.54, 1.807) is 0 Å². The zero-order valence-corrected chi connectivity index (χ0v) is 13.2. The second-order valence-electron chi connectivity index (χ2n) is 5.72. The van der Waals surface area contributed by atoms with Crippen LogP contribution in [-0.2, 0) is 26.2 Å².